The first-order valence-electron chi connectivity index (χ1n) is 8.53. The Morgan fingerprint density at radius 2 is 1.56 bits per heavy atom. The number of nitrogens with one attached hydrogen (secondary N) is 1. The topological polar surface area (TPSA) is 12.0 Å². The Balaban J connectivity index is 1.99. The highest BCUT2D eigenvalue weighted by molar-refractivity contribution is 4.86. The van der Waals surface area contributed by atoms with Crippen LogP contribution in [-0.2, 0) is 0 Å². The minimum absolute atomic E-state index is 0.810. The van der Waals surface area contributed by atoms with E-state index >= 15 is 0 Å². The van der Waals surface area contributed by atoms with E-state index in [0.717, 1.165) is 24.4 Å². The maximum absolute atomic E-state index is 3.65. The van der Waals surface area contributed by atoms with Crippen LogP contribution in [0.5, 0.6) is 0 Å². The first-order chi connectivity index (χ1) is 8.79. The Labute approximate surface area is 115 Å². The van der Waals surface area contributed by atoms with Crippen LogP contribution < -0.4 is 5.32 Å². The van der Waals surface area contributed by atoms with Crippen molar-refractivity contribution in [2.45, 2.75) is 91.0 Å². The van der Waals surface area contributed by atoms with Gasteiger partial charge in [0.05, 0.1) is 0 Å². The quantitative estimate of drug-likeness (QED) is 0.531. The first-order valence-corrected chi connectivity index (χ1v) is 8.53. The minimum atomic E-state index is 0.810. The Bertz CT molecular complexity index is 190. The highest BCUT2D eigenvalue weighted by atomic mass is 14.9. The summed E-state index contributed by atoms with van der Waals surface area (Å²) in [6, 6.07) is 0.810. The Hall–Kier alpha value is -0.0400. The molecule has 0 saturated heterocycles. The average Bonchev–Trinajstić information content (AvgIpc) is 2.71. The molecule has 1 heteroatoms. The Morgan fingerprint density at radius 1 is 0.889 bits per heavy atom. The zero-order valence-electron chi connectivity index (χ0n) is 13.0. The third-order valence-corrected chi connectivity index (χ3v) is 4.87. The molecule has 0 aromatic carbocycles. The van der Waals surface area contributed by atoms with Crippen LogP contribution in [0.1, 0.15) is 85.0 Å². The van der Waals surface area contributed by atoms with Crippen molar-refractivity contribution >= 4 is 0 Å². The van der Waals surface area contributed by atoms with Gasteiger partial charge in [-0.3, -0.25) is 0 Å². The van der Waals surface area contributed by atoms with Crippen LogP contribution in [0.4, 0.5) is 0 Å². The van der Waals surface area contributed by atoms with E-state index in [-0.39, 0.29) is 0 Å². The van der Waals surface area contributed by atoms with E-state index in [4.69, 9.17) is 0 Å². The van der Waals surface area contributed by atoms with Crippen LogP contribution in [0.2, 0.25) is 0 Å². The fraction of sp³-hybridized carbons (Fsp3) is 1.00. The van der Waals surface area contributed by atoms with Crippen LogP contribution in [-0.4, -0.2) is 12.6 Å². The molecule has 0 heterocycles. The summed E-state index contributed by atoms with van der Waals surface area (Å²) in [5, 5.41) is 3.65. The van der Waals surface area contributed by atoms with Gasteiger partial charge in [-0.15, -0.1) is 0 Å². The molecule has 0 spiro atoms. The number of hydrogen-bond donors (Lipinski definition) is 1. The smallest absolute Gasteiger partial charge is 0.00953 e. The van der Waals surface area contributed by atoms with Gasteiger partial charge in [0.1, 0.15) is 0 Å². The van der Waals surface area contributed by atoms with Crippen LogP contribution >= 0.6 is 0 Å². The summed E-state index contributed by atoms with van der Waals surface area (Å²) in [6.07, 6.45) is 14.5. The zero-order valence-corrected chi connectivity index (χ0v) is 13.0. The van der Waals surface area contributed by atoms with Gasteiger partial charge in [0.25, 0.3) is 0 Å². The molecule has 3 unspecified atom stereocenters. The lowest BCUT2D eigenvalue weighted by Crippen LogP contribution is -2.32. The van der Waals surface area contributed by atoms with Crippen LogP contribution in [0.15, 0.2) is 0 Å². The first kappa shape index (κ1) is 16.0. The van der Waals surface area contributed by atoms with Gasteiger partial charge in [0, 0.05) is 6.04 Å². The monoisotopic (exact) mass is 253 g/mol. The third-order valence-electron chi connectivity index (χ3n) is 4.87. The molecule has 0 aromatic rings. The van der Waals surface area contributed by atoms with Gasteiger partial charge in [-0.1, -0.05) is 72.1 Å². The summed E-state index contributed by atoms with van der Waals surface area (Å²) in [7, 11) is 0. The van der Waals surface area contributed by atoms with Crippen molar-refractivity contribution in [2.24, 2.45) is 11.8 Å². The molecule has 1 rings (SSSR count). The van der Waals surface area contributed by atoms with Crippen molar-refractivity contribution < 1.29 is 0 Å². The second kappa shape index (κ2) is 9.83. The highest BCUT2D eigenvalue weighted by Crippen LogP contribution is 2.35. The Kier molecular flexibility index (Phi) is 8.75. The second-order valence-corrected chi connectivity index (χ2v) is 6.27. The van der Waals surface area contributed by atoms with Gasteiger partial charge in [-0.25, -0.2) is 0 Å². The largest absolute Gasteiger partial charge is 0.314 e. The maximum atomic E-state index is 3.65. The van der Waals surface area contributed by atoms with Gasteiger partial charge in [0.15, 0.2) is 0 Å². The molecule has 0 amide bonds. The molecular formula is C17H35N. The predicted octanol–water partition coefficient (Wildman–Crippen LogP) is 5.15. The lowest BCUT2D eigenvalue weighted by Gasteiger charge is -2.21. The summed E-state index contributed by atoms with van der Waals surface area (Å²) in [4.78, 5) is 0. The summed E-state index contributed by atoms with van der Waals surface area (Å²) in [5.41, 5.74) is 0. The third kappa shape index (κ3) is 5.73. The lowest BCUT2D eigenvalue weighted by atomic mass is 9.90. The van der Waals surface area contributed by atoms with Gasteiger partial charge in [-0.2, -0.15) is 0 Å². The molecule has 0 aromatic heterocycles. The standard InChI is InChI=1S/C17H35N/c1-4-6-7-8-9-10-11-12-16-13-14-17(15(16)3)18-5-2/h15-18H,4-14H2,1-3H3. The van der Waals surface area contributed by atoms with E-state index in [0.29, 0.717) is 0 Å². The molecule has 1 aliphatic rings. The van der Waals surface area contributed by atoms with Gasteiger partial charge in [0.2, 0.25) is 0 Å². The molecular weight excluding hydrogens is 218 g/mol. The van der Waals surface area contributed by atoms with Crippen molar-refractivity contribution in [3.63, 3.8) is 0 Å². The molecule has 1 N–H and O–H groups in total. The molecule has 18 heavy (non-hydrogen) atoms. The van der Waals surface area contributed by atoms with E-state index in [1.54, 1.807) is 0 Å². The second-order valence-electron chi connectivity index (χ2n) is 6.27. The number of hydrogen-bond acceptors (Lipinski definition) is 1. The fourth-order valence-corrected chi connectivity index (χ4v) is 3.57. The van der Waals surface area contributed by atoms with E-state index in [1.165, 1.54) is 64.2 Å². The zero-order chi connectivity index (χ0) is 13.2. The normalized spacial score (nSPS) is 27.8. The van der Waals surface area contributed by atoms with E-state index < -0.39 is 0 Å². The van der Waals surface area contributed by atoms with Crippen LogP contribution in [0, 0.1) is 11.8 Å². The number of rotatable bonds is 10. The van der Waals surface area contributed by atoms with Crippen molar-refractivity contribution in [3.8, 4) is 0 Å². The highest BCUT2D eigenvalue weighted by Gasteiger charge is 2.31. The predicted molar refractivity (Wildman–Crippen MR) is 82.0 cm³/mol. The van der Waals surface area contributed by atoms with Gasteiger partial charge >= 0.3 is 0 Å². The summed E-state index contributed by atoms with van der Waals surface area (Å²) in [6.45, 7) is 8.13. The SMILES string of the molecule is CCCCCCCCCC1CCC(NCC)C1C. The molecule has 0 bridgehead atoms. The van der Waals surface area contributed by atoms with E-state index in [1.807, 2.05) is 0 Å². The molecule has 1 nitrogen and oxygen atoms in total. The van der Waals surface area contributed by atoms with Crippen LogP contribution in [0.3, 0.4) is 0 Å². The van der Waals surface area contributed by atoms with Crippen molar-refractivity contribution in [3.05, 3.63) is 0 Å². The average molecular weight is 253 g/mol. The van der Waals surface area contributed by atoms with Crippen molar-refractivity contribution in [1.82, 2.24) is 5.32 Å². The molecule has 108 valence electrons. The molecule has 1 saturated carbocycles. The molecule has 3 atom stereocenters. The lowest BCUT2D eigenvalue weighted by molar-refractivity contribution is 0.330. The summed E-state index contributed by atoms with van der Waals surface area (Å²) < 4.78 is 0. The number of unbranched alkanes of at least 4 members (excludes halogenated alkanes) is 6. The molecule has 0 aliphatic heterocycles. The summed E-state index contributed by atoms with van der Waals surface area (Å²) in [5.74, 6) is 1.91. The fourth-order valence-electron chi connectivity index (χ4n) is 3.57. The van der Waals surface area contributed by atoms with E-state index in [9.17, 15) is 0 Å². The maximum Gasteiger partial charge on any atom is 0.00953 e. The minimum Gasteiger partial charge on any atom is -0.314 e. The van der Waals surface area contributed by atoms with Gasteiger partial charge < -0.3 is 5.32 Å². The molecule has 1 fully saturated rings. The molecule has 1 aliphatic carbocycles. The van der Waals surface area contributed by atoms with Crippen LogP contribution in [0.25, 0.3) is 0 Å². The van der Waals surface area contributed by atoms with Gasteiger partial charge in [-0.05, 0) is 31.2 Å². The van der Waals surface area contributed by atoms with Crippen molar-refractivity contribution in [2.75, 3.05) is 6.54 Å². The summed E-state index contributed by atoms with van der Waals surface area (Å²) >= 11 is 0. The molecule has 0 radical (unpaired) electrons. The van der Waals surface area contributed by atoms with Crippen molar-refractivity contribution in [1.29, 1.82) is 0 Å². The Morgan fingerprint density at radius 3 is 2.22 bits per heavy atom. The van der Waals surface area contributed by atoms with E-state index in [2.05, 4.69) is 26.1 Å².